The van der Waals surface area contributed by atoms with E-state index in [2.05, 4.69) is 20.9 Å². The molecule has 1 aliphatic rings. The second-order valence-electron chi connectivity index (χ2n) is 12.8. The fourth-order valence-corrected chi connectivity index (χ4v) is 4.97. The molecule has 11 nitrogen and oxygen atoms in total. The summed E-state index contributed by atoms with van der Waals surface area (Å²) in [6.45, 7) is 8.09. The maximum atomic E-state index is 13.6. The third-order valence-corrected chi connectivity index (χ3v) is 7.75. The average Bonchev–Trinajstić information content (AvgIpc) is 3.40. The minimum atomic E-state index is -4.92. The van der Waals surface area contributed by atoms with Crippen LogP contribution in [-0.4, -0.2) is 72.0 Å². The fourth-order valence-electron chi connectivity index (χ4n) is 4.97. The van der Waals surface area contributed by atoms with Gasteiger partial charge in [0.2, 0.25) is 11.8 Å². The van der Waals surface area contributed by atoms with Gasteiger partial charge in [0.05, 0.1) is 12.1 Å². The molecular weight excluding hydrogens is 609 g/mol. The highest BCUT2D eigenvalue weighted by molar-refractivity contribution is 6.02. The highest BCUT2D eigenvalue weighted by atomic mass is 19.4. The smallest absolute Gasteiger partial charge is 0.404 e. The summed E-state index contributed by atoms with van der Waals surface area (Å²) in [5.41, 5.74) is -2.05. The van der Waals surface area contributed by atoms with E-state index in [0.717, 1.165) is 0 Å². The molecule has 0 saturated carbocycles. The molecule has 1 aromatic carbocycles. The van der Waals surface area contributed by atoms with Crippen molar-refractivity contribution in [1.29, 1.82) is 0 Å². The zero-order chi connectivity index (χ0) is 34.4. The number of benzene rings is 1. The van der Waals surface area contributed by atoms with Crippen LogP contribution in [0.1, 0.15) is 77.7 Å². The summed E-state index contributed by atoms with van der Waals surface area (Å²) in [7, 11) is 0. The molecule has 3 rings (SSSR count). The summed E-state index contributed by atoms with van der Waals surface area (Å²) in [5.74, 6) is -4.37. The zero-order valence-corrected chi connectivity index (χ0v) is 26.9. The lowest BCUT2D eigenvalue weighted by molar-refractivity contribution is -0.224. The van der Waals surface area contributed by atoms with Gasteiger partial charge in [-0.05, 0) is 77.5 Å². The van der Waals surface area contributed by atoms with Crippen LogP contribution in [0.2, 0.25) is 0 Å². The number of aromatic amines is 1. The minimum absolute atomic E-state index is 0.0753. The van der Waals surface area contributed by atoms with Gasteiger partial charge >= 0.3 is 12.1 Å². The van der Waals surface area contributed by atoms with E-state index in [1.165, 1.54) is 0 Å². The molecular formula is C32H43F3N4O7. The number of carbonyl (C=O) groups is 5. The van der Waals surface area contributed by atoms with Gasteiger partial charge in [-0.2, -0.15) is 13.2 Å². The Hall–Kier alpha value is -4.10. The number of piperidine rings is 1. The monoisotopic (exact) mass is 652 g/mol. The largest absolute Gasteiger partial charge is 0.490 e. The summed E-state index contributed by atoms with van der Waals surface area (Å²) in [6.07, 6.45) is -3.97. The number of H-pyrrole nitrogens is 1. The first-order valence-corrected chi connectivity index (χ1v) is 15.3. The van der Waals surface area contributed by atoms with Crippen molar-refractivity contribution < 1.29 is 46.6 Å². The first-order chi connectivity index (χ1) is 21.4. The lowest BCUT2D eigenvalue weighted by Gasteiger charge is -2.29. The van der Waals surface area contributed by atoms with Crippen LogP contribution >= 0.6 is 0 Å². The van der Waals surface area contributed by atoms with Crippen molar-refractivity contribution in [3.63, 3.8) is 0 Å². The Morgan fingerprint density at radius 3 is 2.35 bits per heavy atom. The lowest BCUT2D eigenvalue weighted by Crippen LogP contribution is -2.54. The summed E-state index contributed by atoms with van der Waals surface area (Å²) in [4.78, 5) is 67.9. The van der Waals surface area contributed by atoms with Gasteiger partial charge in [0, 0.05) is 23.4 Å². The predicted octanol–water partition coefficient (Wildman–Crippen LogP) is 4.20. The van der Waals surface area contributed by atoms with Crippen molar-refractivity contribution in [2.45, 2.75) is 91.6 Å². The van der Waals surface area contributed by atoms with Gasteiger partial charge in [-0.1, -0.05) is 19.9 Å². The molecule has 0 unspecified atom stereocenters. The summed E-state index contributed by atoms with van der Waals surface area (Å²) >= 11 is 0. The number of ketones is 1. The Morgan fingerprint density at radius 1 is 1.04 bits per heavy atom. The number of amides is 3. The van der Waals surface area contributed by atoms with E-state index in [-0.39, 0.29) is 36.5 Å². The molecule has 14 heteroatoms. The summed E-state index contributed by atoms with van der Waals surface area (Å²) in [6, 6.07) is 4.44. The van der Waals surface area contributed by atoms with E-state index < -0.39 is 59.8 Å². The number of rotatable bonds is 14. The number of fused-ring (bicyclic) bond motifs is 1. The van der Waals surface area contributed by atoms with Crippen LogP contribution in [0.4, 0.5) is 13.2 Å². The summed E-state index contributed by atoms with van der Waals surface area (Å²) in [5, 5.41) is 8.64. The number of carbonyl (C=O) groups excluding carboxylic acids is 5. The maximum Gasteiger partial charge on any atom is 0.404 e. The second kappa shape index (κ2) is 15.0. The Morgan fingerprint density at radius 2 is 1.74 bits per heavy atom. The molecule has 0 spiro atoms. The van der Waals surface area contributed by atoms with Crippen LogP contribution in [0.5, 0.6) is 5.75 Å². The van der Waals surface area contributed by atoms with Crippen molar-refractivity contribution >= 4 is 40.4 Å². The highest BCUT2D eigenvalue weighted by Gasteiger charge is 2.54. The summed E-state index contributed by atoms with van der Waals surface area (Å²) < 4.78 is 50.5. The molecule has 4 N–H and O–H groups in total. The number of Topliss-reactive ketones (excluding diaryl/α,β-unsaturated/α-hetero) is 1. The number of ether oxygens (including phenoxy) is 2. The molecule has 0 radical (unpaired) electrons. The predicted molar refractivity (Wildman–Crippen MR) is 163 cm³/mol. The average molecular weight is 653 g/mol. The van der Waals surface area contributed by atoms with Crippen molar-refractivity contribution in [2.24, 2.45) is 17.3 Å². The van der Waals surface area contributed by atoms with Crippen molar-refractivity contribution in [3.05, 3.63) is 30.0 Å². The van der Waals surface area contributed by atoms with Crippen molar-refractivity contribution in [3.8, 4) is 5.75 Å². The maximum absolute atomic E-state index is 13.6. The van der Waals surface area contributed by atoms with Crippen molar-refractivity contribution in [1.82, 2.24) is 20.9 Å². The van der Waals surface area contributed by atoms with Crippen LogP contribution < -0.4 is 20.7 Å². The third-order valence-electron chi connectivity index (χ3n) is 7.75. The van der Waals surface area contributed by atoms with Gasteiger partial charge < -0.3 is 30.4 Å². The topological polar surface area (TPSA) is 156 Å². The van der Waals surface area contributed by atoms with Crippen LogP contribution in [0.25, 0.3) is 10.9 Å². The van der Waals surface area contributed by atoms with Crippen LogP contribution in [0.15, 0.2) is 24.3 Å². The van der Waals surface area contributed by atoms with Crippen LogP contribution in [-0.2, 0) is 23.9 Å². The zero-order valence-electron chi connectivity index (χ0n) is 26.9. The number of halogens is 3. The van der Waals surface area contributed by atoms with Crippen LogP contribution in [0.3, 0.4) is 0 Å². The van der Waals surface area contributed by atoms with Gasteiger partial charge in [-0.25, -0.2) is 0 Å². The quantitative estimate of drug-likeness (QED) is 0.223. The van der Waals surface area contributed by atoms with E-state index in [9.17, 15) is 37.1 Å². The molecule has 3 atom stereocenters. The van der Waals surface area contributed by atoms with E-state index in [4.69, 9.17) is 9.47 Å². The Bertz CT molecular complexity index is 1430. The highest BCUT2D eigenvalue weighted by Crippen LogP contribution is 2.38. The second-order valence-corrected chi connectivity index (χ2v) is 12.8. The van der Waals surface area contributed by atoms with Crippen LogP contribution in [0, 0.1) is 17.3 Å². The molecule has 1 saturated heterocycles. The molecule has 46 heavy (non-hydrogen) atoms. The molecule has 1 aliphatic heterocycles. The Kier molecular flexibility index (Phi) is 11.9. The van der Waals surface area contributed by atoms with E-state index in [1.54, 1.807) is 24.3 Å². The number of nitrogens with one attached hydrogen (secondary N) is 4. The van der Waals surface area contributed by atoms with Gasteiger partial charge in [-0.3, -0.25) is 24.0 Å². The Balaban J connectivity index is 1.81. The molecule has 2 heterocycles. The first kappa shape index (κ1) is 36.4. The SMILES string of the molecule is CC(C)C[C@H](NC(=O)c1cc2c(OC(C)C)cccc2[nH]1)C(=O)N[C@@H](C[C@@H]1CCCNC1=O)C(=O)COC(=O)C(C)(C)C(F)(F)F. The lowest BCUT2D eigenvalue weighted by atomic mass is 9.89. The molecule has 1 fully saturated rings. The number of esters is 1. The standard InChI is InChI=1S/C32H43F3N4O7/c1-17(2)13-23(39-29(43)24-15-20-21(37-24)10-7-11-26(20)46-18(3)4)28(42)38-22(14-19-9-8-12-36-27(19)41)25(40)16-45-30(44)31(5,6)32(33,34)35/h7,10-11,15,17-19,22-23,37H,8-9,12-14,16H2,1-6H3,(H,36,41)(H,38,42)(H,39,43)/t19-,22-,23-/m0/s1. The van der Waals surface area contributed by atoms with Gasteiger partial charge in [0.15, 0.2) is 17.8 Å². The minimum Gasteiger partial charge on any atom is -0.490 e. The first-order valence-electron chi connectivity index (χ1n) is 15.3. The number of alkyl halides is 3. The van der Waals surface area contributed by atoms with E-state index in [1.807, 2.05) is 27.7 Å². The van der Waals surface area contributed by atoms with Gasteiger partial charge in [0.1, 0.15) is 17.5 Å². The fraction of sp³-hybridized carbons (Fsp3) is 0.594. The van der Waals surface area contributed by atoms with Gasteiger partial charge in [-0.15, -0.1) is 0 Å². The van der Waals surface area contributed by atoms with E-state index in [0.29, 0.717) is 49.9 Å². The van der Waals surface area contributed by atoms with Crippen molar-refractivity contribution in [2.75, 3.05) is 13.2 Å². The normalized spacial score (nSPS) is 16.9. The molecule has 1 aromatic heterocycles. The number of hydrogen-bond acceptors (Lipinski definition) is 7. The number of aromatic nitrogens is 1. The molecule has 254 valence electrons. The van der Waals surface area contributed by atoms with E-state index >= 15 is 0 Å². The molecule has 0 aliphatic carbocycles. The number of hydrogen-bond donors (Lipinski definition) is 4. The Labute approximate surface area is 265 Å². The molecule has 2 aromatic rings. The third kappa shape index (κ3) is 9.23. The van der Waals surface area contributed by atoms with Gasteiger partial charge in [0.25, 0.3) is 5.91 Å². The molecule has 3 amide bonds. The molecule has 0 bridgehead atoms.